The Kier molecular flexibility index (Phi) is 6.76. The van der Waals surface area contributed by atoms with E-state index in [1.807, 2.05) is 13.8 Å². The minimum atomic E-state index is 0.188. The largest absolute Gasteiger partial charge is 0.332 e. The number of piperazine rings is 1. The van der Waals surface area contributed by atoms with Crippen molar-refractivity contribution in [3.8, 4) is 0 Å². The van der Waals surface area contributed by atoms with Crippen molar-refractivity contribution in [3.05, 3.63) is 18.0 Å². The summed E-state index contributed by atoms with van der Waals surface area (Å²) in [5, 5.41) is 0. The highest BCUT2D eigenvalue weighted by atomic mass is 16.1. The zero-order valence-corrected chi connectivity index (χ0v) is 21.1. The Bertz CT molecular complexity index is 796. The number of hydrogen-bond acceptors (Lipinski definition) is 6. The van der Waals surface area contributed by atoms with E-state index in [4.69, 9.17) is 9.97 Å². The molecule has 2 bridgehead atoms. The van der Waals surface area contributed by atoms with Gasteiger partial charge in [-0.25, -0.2) is 9.97 Å². The van der Waals surface area contributed by atoms with Crippen LogP contribution in [-0.2, 0) is 4.79 Å². The molecule has 1 aliphatic carbocycles. The van der Waals surface area contributed by atoms with E-state index in [0.29, 0.717) is 41.8 Å². The molecule has 3 aliphatic heterocycles. The molecule has 3 saturated heterocycles. The SMILES string of the molecule is CC(C)C(=O)C[C@H]1C[C@@H](N2CCC(c3cnc(N4C5CCC4CN(C(C)C)C5)nc3)CC2)C1. The summed E-state index contributed by atoms with van der Waals surface area (Å²) in [6.45, 7) is 13.3. The molecular formula is C27H43N5O. The minimum Gasteiger partial charge on any atom is -0.332 e. The van der Waals surface area contributed by atoms with Gasteiger partial charge in [0.05, 0.1) is 0 Å². The zero-order chi connectivity index (χ0) is 23.1. The van der Waals surface area contributed by atoms with Gasteiger partial charge in [0.2, 0.25) is 5.95 Å². The number of fused-ring (bicyclic) bond motifs is 2. The van der Waals surface area contributed by atoms with Gasteiger partial charge < -0.3 is 9.80 Å². The molecule has 4 aliphatic rings. The fraction of sp³-hybridized carbons (Fsp3) is 0.815. The molecule has 1 aromatic rings. The van der Waals surface area contributed by atoms with Crippen LogP contribution < -0.4 is 4.90 Å². The Balaban J connectivity index is 1.11. The molecule has 182 valence electrons. The summed E-state index contributed by atoms with van der Waals surface area (Å²) in [5.74, 6) is 2.79. The van der Waals surface area contributed by atoms with Crippen LogP contribution in [0.5, 0.6) is 0 Å². The number of carbonyl (C=O) groups is 1. The second-order valence-corrected chi connectivity index (χ2v) is 11.8. The topological polar surface area (TPSA) is 52.6 Å². The number of anilines is 1. The van der Waals surface area contributed by atoms with E-state index in [-0.39, 0.29) is 5.92 Å². The lowest BCUT2D eigenvalue weighted by atomic mass is 9.74. The number of carbonyl (C=O) groups excluding carboxylic acids is 1. The highest BCUT2D eigenvalue weighted by Gasteiger charge is 2.42. The van der Waals surface area contributed by atoms with Gasteiger partial charge in [-0.05, 0) is 82.9 Å². The summed E-state index contributed by atoms with van der Waals surface area (Å²) in [7, 11) is 0. The lowest BCUT2D eigenvalue weighted by Crippen LogP contribution is -2.56. The summed E-state index contributed by atoms with van der Waals surface area (Å²) < 4.78 is 0. The van der Waals surface area contributed by atoms with Crippen molar-refractivity contribution < 1.29 is 4.79 Å². The van der Waals surface area contributed by atoms with Gasteiger partial charge in [0.25, 0.3) is 0 Å². The van der Waals surface area contributed by atoms with Crippen molar-refractivity contribution in [2.45, 2.75) is 103 Å². The number of aromatic nitrogens is 2. The molecule has 6 heteroatoms. The van der Waals surface area contributed by atoms with Crippen LogP contribution in [0.25, 0.3) is 0 Å². The fourth-order valence-electron chi connectivity index (χ4n) is 6.64. The van der Waals surface area contributed by atoms with E-state index in [1.165, 1.54) is 57.2 Å². The molecule has 0 radical (unpaired) electrons. The second-order valence-electron chi connectivity index (χ2n) is 11.8. The first-order chi connectivity index (χ1) is 15.9. The Morgan fingerprint density at radius 3 is 2.09 bits per heavy atom. The van der Waals surface area contributed by atoms with E-state index in [1.54, 1.807) is 0 Å². The van der Waals surface area contributed by atoms with E-state index < -0.39 is 0 Å². The molecular weight excluding hydrogens is 410 g/mol. The highest BCUT2D eigenvalue weighted by Crippen LogP contribution is 2.39. The van der Waals surface area contributed by atoms with E-state index in [0.717, 1.165) is 25.5 Å². The third-order valence-electron chi connectivity index (χ3n) is 8.99. The normalized spacial score (nSPS) is 31.4. The molecule has 0 amide bonds. The van der Waals surface area contributed by atoms with Crippen molar-refractivity contribution in [3.63, 3.8) is 0 Å². The van der Waals surface area contributed by atoms with Gasteiger partial charge in [0.15, 0.2) is 0 Å². The zero-order valence-electron chi connectivity index (χ0n) is 21.1. The molecule has 0 spiro atoms. The quantitative estimate of drug-likeness (QED) is 0.619. The maximum absolute atomic E-state index is 12.0. The van der Waals surface area contributed by atoms with Crippen LogP contribution in [0, 0.1) is 11.8 Å². The van der Waals surface area contributed by atoms with Crippen LogP contribution >= 0.6 is 0 Å². The van der Waals surface area contributed by atoms with Crippen molar-refractivity contribution in [1.82, 2.24) is 19.8 Å². The highest BCUT2D eigenvalue weighted by molar-refractivity contribution is 5.80. The maximum atomic E-state index is 12.0. The summed E-state index contributed by atoms with van der Waals surface area (Å²) in [6.07, 6.45) is 12.4. The average molecular weight is 454 g/mol. The Morgan fingerprint density at radius 2 is 1.55 bits per heavy atom. The van der Waals surface area contributed by atoms with Crippen LogP contribution in [0.3, 0.4) is 0 Å². The van der Waals surface area contributed by atoms with Crippen LogP contribution in [0.2, 0.25) is 0 Å². The van der Waals surface area contributed by atoms with E-state index in [2.05, 4.69) is 40.9 Å². The first kappa shape index (κ1) is 23.2. The summed E-state index contributed by atoms with van der Waals surface area (Å²) in [5.41, 5.74) is 1.32. The van der Waals surface area contributed by atoms with Crippen LogP contribution in [-0.4, -0.2) is 75.9 Å². The maximum Gasteiger partial charge on any atom is 0.225 e. The fourth-order valence-corrected chi connectivity index (χ4v) is 6.64. The number of nitrogens with zero attached hydrogens (tertiary/aromatic N) is 5. The predicted molar refractivity (Wildman–Crippen MR) is 133 cm³/mol. The lowest BCUT2D eigenvalue weighted by molar-refractivity contribution is -0.124. The van der Waals surface area contributed by atoms with Gasteiger partial charge in [-0.1, -0.05) is 13.8 Å². The number of likely N-dealkylation sites (tertiary alicyclic amines) is 2. The molecule has 5 rings (SSSR count). The number of rotatable bonds is 7. The summed E-state index contributed by atoms with van der Waals surface area (Å²) >= 11 is 0. The molecule has 1 aromatic heterocycles. The van der Waals surface area contributed by atoms with Gasteiger partial charge >= 0.3 is 0 Å². The predicted octanol–water partition coefficient (Wildman–Crippen LogP) is 4.11. The van der Waals surface area contributed by atoms with E-state index in [9.17, 15) is 4.79 Å². The van der Waals surface area contributed by atoms with Gasteiger partial charge in [0, 0.05) is 62.0 Å². The molecule has 0 N–H and O–H groups in total. The number of hydrogen-bond donors (Lipinski definition) is 0. The lowest BCUT2D eigenvalue weighted by Gasteiger charge is -2.46. The Hall–Kier alpha value is -1.53. The van der Waals surface area contributed by atoms with Gasteiger partial charge in [-0.3, -0.25) is 9.69 Å². The second kappa shape index (κ2) is 9.61. The molecule has 33 heavy (non-hydrogen) atoms. The smallest absolute Gasteiger partial charge is 0.225 e. The molecule has 6 nitrogen and oxygen atoms in total. The molecule has 1 saturated carbocycles. The number of ketones is 1. The van der Waals surface area contributed by atoms with Crippen molar-refractivity contribution in [2.75, 3.05) is 31.1 Å². The first-order valence-electron chi connectivity index (χ1n) is 13.5. The molecule has 4 fully saturated rings. The standard InChI is InChI=1S/C27H43N5O/c1-18(2)26(33)13-20-11-25(12-20)30-9-7-21(8-10-30)22-14-28-27(29-15-22)32-23-5-6-24(32)17-31(16-23)19(3)4/h14-15,18-21,23-25H,5-13,16-17H2,1-4H3/t20-,23?,24?,25+. The Morgan fingerprint density at radius 1 is 0.939 bits per heavy atom. The monoisotopic (exact) mass is 453 g/mol. The van der Waals surface area contributed by atoms with Gasteiger partial charge in [-0.2, -0.15) is 0 Å². The van der Waals surface area contributed by atoms with Gasteiger partial charge in [0.1, 0.15) is 5.78 Å². The summed E-state index contributed by atoms with van der Waals surface area (Å²) in [6, 6.07) is 2.47. The number of piperidine rings is 1. The minimum absolute atomic E-state index is 0.188. The van der Waals surface area contributed by atoms with Gasteiger partial charge in [-0.15, -0.1) is 0 Å². The third-order valence-corrected chi connectivity index (χ3v) is 8.99. The van der Waals surface area contributed by atoms with Crippen LogP contribution in [0.15, 0.2) is 12.4 Å². The number of Topliss-reactive ketones (excluding diaryl/α,β-unsaturated/α-hetero) is 1. The van der Waals surface area contributed by atoms with Crippen LogP contribution in [0.1, 0.15) is 84.1 Å². The van der Waals surface area contributed by atoms with Crippen LogP contribution in [0.4, 0.5) is 5.95 Å². The summed E-state index contributed by atoms with van der Waals surface area (Å²) in [4.78, 5) is 29.6. The third kappa shape index (κ3) is 4.84. The Labute approximate surface area is 200 Å². The average Bonchev–Trinajstić information content (AvgIpc) is 3.04. The van der Waals surface area contributed by atoms with Crippen molar-refractivity contribution in [1.29, 1.82) is 0 Å². The molecule has 0 aromatic carbocycles. The molecule has 4 heterocycles. The first-order valence-corrected chi connectivity index (χ1v) is 13.5. The van der Waals surface area contributed by atoms with E-state index >= 15 is 0 Å². The van der Waals surface area contributed by atoms with Crippen molar-refractivity contribution in [2.24, 2.45) is 11.8 Å². The van der Waals surface area contributed by atoms with Crippen molar-refractivity contribution >= 4 is 11.7 Å². The molecule has 2 unspecified atom stereocenters. The molecule has 2 atom stereocenters.